The average molecular weight is 291 g/mol. The summed E-state index contributed by atoms with van der Waals surface area (Å²) in [5.74, 6) is 0.0522. The van der Waals surface area contributed by atoms with Crippen molar-refractivity contribution in [1.82, 2.24) is 4.90 Å². The number of carbonyl (C=O) groups excluding carboxylic acids is 2. The van der Waals surface area contributed by atoms with Crippen LogP contribution in [-0.2, 0) is 9.59 Å². The number of benzene rings is 1. The lowest BCUT2D eigenvalue weighted by Gasteiger charge is -2.18. The molecule has 1 aromatic rings. The van der Waals surface area contributed by atoms with Crippen LogP contribution in [0, 0.1) is 5.92 Å². The van der Waals surface area contributed by atoms with Gasteiger partial charge in [-0.25, -0.2) is 0 Å². The van der Waals surface area contributed by atoms with E-state index in [9.17, 15) is 9.59 Å². The Kier molecular flexibility index (Phi) is 6.21. The monoisotopic (exact) mass is 291 g/mol. The molecule has 21 heavy (non-hydrogen) atoms. The lowest BCUT2D eigenvalue weighted by molar-refractivity contribution is -0.128. The summed E-state index contributed by atoms with van der Waals surface area (Å²) in [7, 11) is 3.50. The molecule has 1 rings (SSSR count). The molecule has 0 saturated heterocycles. The van der Waals surface area contributed by atoms with E-state index >= 15 is 0 Å². The number of anilines is 2. The zero-order chi connectivity index (χ0) is 16.0. The number of nitrogens with zero attached hydrogens (tertiary/aromatic N) is 1. The van der Waals surface area contributed by atoms with Crippen molar-refractivity contribution in [2.24, 2.45) is 5.92 Å². The number of amides is 2. The molecular weight excluding hydrogens is 266 g/mol. The van der Waals surface area contributed by atoms with Crippen LogP contribution in [-0.4, -0.2) is 36.9 Å². The predicted octanol–water partition coefficient (Wildman–Crippen LogP) is 2.56. The molecule has 0 radical (unpaired) electrons. The van der Waals surface area contributed by atoms with Gasteiger partial charge in [-0.05, 0) is 31.2 Å². The van der Waals surface area contributed by atoms with Crippen molar-refractivity contribution in [2.75, 3.05) is 24.7 Å². The van der Waals surface area contributed by atoms with Crippen LogP contribution in [0.1, 0.15) is 27.2 Å². The summed E-state index contributed by atoms with van der Waals surface area (Å²) in [6.45, 7) is 5.68. The zero-order valence-corrected chi connectivity index (χ0v) is 13.4. The highest BCUT2D eigenvalue weighted by molar-refractivity contribution is 5.92. The van der Waals surface area contributed by atoms with Gasteiger partial charge in [-0.2, -0.15) is 0 Å². The average Bonchev–Trinajstić information content (AvgIpc) is 2.40. The third-order valence-corrected chi connectivity index (χ3v) is 3.07. The van der Waals surface area contributed by atoms with Crippen molar-refractivity contribution < 1.29 is 9.59 Å². The first-order valence-electron chi connectivity index (χ1n) is 7.17. The molecule has 0 spiro atoms. The fourth-order valence-electron chi connectivity index (χ4n) is 1.72. The van der Waals surface area contributed by atoms with Crippen molar-refractivity contribution in [2.45, 2.75) is 33.2 Å². The second-order valence-corrected chi connectivity index (χ2v) is 5.76. The van der Waals surface area contributed by atoms with Crippen molar-refractivity contribution in [3.05, 3.63) is 24.3 Å². The molecule has 1 atom stereocenters. The van der Waals surface area contributed by atoms with Crippen LogP contribution in [0.2, 0.25) is 0 Å². The van der Waals surface area contributed by atoms with E-state index < -0.39 is 0 Å². The second-order valence-electron chi connectivity index (χ2n) is 5.76. The Labute approximate surface area is 126 Å². The lowest BCUT2D eigenvalue weighted by atomic mass is 10.2. The van der Waals surface area contributed by atoms with Gasteiger partial charge in [-0.15, -0.1) is 0 Å². The van der Waals surface area contributed by atoms with Crippen LogP contribution in [0.25, 0.3) is 0 Å². The van der Waals surface area contributed by atoms with Gasteiger partial charge in [-0.1, -0.05) is 13.8 Å². The molecule has 1 aromatic carbocycles. The molecule has 0 aliphatic rings. The number of hydrogen-bond acceptors (Lipinski definition) is 3. The van der Waals surface area contributed by atoms with Gasteiger partial charge in [0.25, 0.3) is 0 Å². The van der Waals surface area contributed by atoms with Crippen LogP contribution in [0.5, 0.6) is 0 Å². The molecule has 0 saturated carbocycles. The topological polar surface area (TPSA) is 61.4 Å². The minimum absolute atomic E-state index is 0.000608. The Morgan fingerprint density at radius 3 is 2.05 bits per heavy atom. The van der Waals surface area contributed by atoms with Crippen LogP contribution in [0.4, 0.5) is 11.4 Å². The van der Waals surface area contributed by atoms with Crippen molar-refractivity contribution >= 4 is 23.2 Å². The third-order valence-electron chi connectivity index (χ3n) is 3.07. The molecule has 2 N–H and O–H groups in total. The smallest absolute Gasteiger partial charge is 0.226 e. The minimum Gasteiger partial charge on any atom is -0.382 e. The highest BCUT2D eigenvalue weighted by Crippen LogP contribution is 2.16. The number of carbonyl (C=O) groups is 2. The summed E-state index contributed by atoms with van der Waals surface area (Å²) >= 11 is 0. The van der Waals surface area contributed by atoms with E-state index in [0.29, 0.717) is 6.42 Å². The first-order chi connectivity index (χ1) is 9.79. The van der Waals surface area contributed by atoms with Crippen LogP contribution in [0.3, 0.4) is 0 Å². The molecule has 0 fully saturated rings. The largest absolute Gasteiger partial charge is 0.382 e. The number of rotatable bonds is 6. The van der Waals surface area contributed by atoms with E-state index in [4.69, 9.17) is 0 Å². The summed E-state index contributed by atoms with van der Waals surface area (Å²) in [4.78, 5) is 24.8. The Bertz CT molecular complexity index is 481. The van der Waals surface area contributed by atoms with Gasteiger partial charge in [0.05, 0.1) is 0 Å². The molecule has 116 valence electrons. The van der Waals surface area contributed by atoms with Gasteiger partial charge < -0.3 is 15.5 Å². The molecule has 5 heteroatoms. The van der Waals surface area contributed by atoms with Gasteiger partial charge >= 0.3 is 0 Å². The maximum absolute atomic E-state index is 11.6. The van der Waals surface area contributed by atoms with Gasteiger partial charge in [-0.3, -0.25) is 9.59 Å². The molecule has 0 bridgehead atoms. The SMILES string of the molecule is CC(CC(=O)N(C)C)Nc1ccc(NC(=O)C(C)C)cc1. The molecular formula is C16H25N3O2. The molecule has 0 heterocycles. The van der Waals surface area contributed by atoms with Crippen molar-refractivity contribution in [3.8, 4) is 0 Å². The molecule has 0 aromatic heterocycles. The van der Waals surface area contributed by atoms with Crippen molar-refractivity contribution in [3.63, 3.8) is 0 Å². The van der Waals surface area contributed by atoms with E-state index in [1.54, 1.807) is 19.0 Å². The Morgan fingerprint density at radius 1 is 1.05 bits per heavy atom. The molecule has 5 nitrogen and oxygen atoms in total. The maximum atomic E-state index is 11.6. The van der Waals surface area contributed by atoms with Crippen LogP contribution >= 0.6 is 0 Å². The first-order valence-corrected chi connectivity index (χ1v) is 7.17. The summed E-state index contributed by atoms with van der Waals surface area (Å²) in [6.07, 6.45) is 0.443. The van der Waals surface area contributed by atoms with E-state index in [2.05, 4.69) is 10.6 Å². The van der Waals surface area contributed by atoms with E-state index in [0.717, 1.165) is 11.4 Å². The van der Waals surface area contributed by atoms with Gasteiger partial charge in [0.15, 0.2) is 0 Å². The Hall–Kier alpha value is -2.04. The van der Waals surface area contributed by atoms with E-state index in [1.807, 2.05) is 45.0 Å². The lowest BCUT2D eigenvalue weighted by Crippen LogP contribution is -2.28. The van der Waals surface area contributed by atoms with Gasteiger partial charge in [0, 0.05) is 43.9 Å². The predicted molar refractivity (Wildman–Crippen MR) is 86.3 cm³/mol. The second kappa shape index (κ2) is 7.67. The highest BCUT2D eigenvalue weighted by atomic mass is 16.2. The fraction of sp³-hybridized carbons (Fsp3) is 0.500. The molecule has 0 aliphatic carbocycles. The first kappa shape index (κ1) is 17.0. The normalized spacial score (nSPS) is 11.9. The molecule has 0 aliphatic heterocycles. The summed E-state index contributed by atoms with van der Waals surface area (Å²) in [6, 6.07) is 7.54. The van der Waals surface area contributed by atoms with Gasteiger partial charge in [0.2, 0.25) is 11.8 Å². The van der Waals surface area contributed by atoms with E-state index in [1.165, 1.54) is 0 Å². The maximum Gasteiger partial charge on any atom is 0.226 e. The zero-order valence-electron chi connectivity index (χ0n) is 13.4. The molecule has 1 unspecified atom stereocenters. The number of nitrogens with one attached hydrogen (secondary N) is 2. The minimum atomic E-state index is -0.0418. The summed E-state index contributed by atoms with van der Waals surface area (Å²) < 4.78 is 0. The standard InChI is InChI=1S/C16H25N3O2/c1-11(2)16(21)18-14-8-6-13(7-9-14)17-12(3)10-15(20)19(4)5/h6-9,11-12,17H,10H2,1-5H3,(H,18,21). The summed E-state index contributed by atoms with van der Waals surface area (Å²) in [5.41, 5.74) is 1.70. The number of hydrogen-bond donors (Lipinski definition) is 2. The fourth-order valence-corrected chi connectivity index (χ4v) is 1.72. The third kappa shape index (κ3) is 5.85. The molecule has 2 amide bonds. The highest BCUT2D eigenvalue weighted by Gasteiger charge is 2.11. The van der Waals surface area contributed by atoms with Crippen LogP contribution in [0.15, 0.2) is 24.3 Å². The van der Waals surface area contributed by atoms with Gasteiger partial charge in [0.1, 0.15) is 0 Å². The van der Waals surface area contributed by atoms with E-state index in [-0.39, 0.29) is 23.8 Å². The summed E-state index contributed by atoms with van der Waals surface area (Å²) in [5, 5.41) is 6.11. The Morgan fingerprint density at radius 2 is 1.57 bits per heavy atom. The van der Waals surface area contributed by atoms with Crippen molar-refractivity contribution in [1.29, 1.82) is 0 Å². The Balaban J connectivity index is 2.54. The van der Waals surface area contributed by atoms with Crippen LogP contribution < -0.4 is 10.6 Å². The quantitative estimate of drug-likeness (QED) is 0.846.